The minimum atomic E-state index is 0.318. The number of carbonyl (C=O) groups excluding carboxylic acids is 1. The van der Waals surface area contributed by atoms with Crippen molar-refractivity contribution < 1.29 is 4.79 Å². The quantitative estimate of drug-likeness (QED) is 0.658. The van der Waals surface area contributed by atoms with Gasteiger partial charge in [-0.25, -0.2) is 0 Å². The predicted molar refractivity (Wildman–Crippen MR) is 59.7 cm³/mol. The first kappa shape index (κ1) is 9.83. The first-order valence-electron chi connectivity index (χ1n) is 6.65. The lowest BCUT2D eigenvalue weighted by atomic mass is 9.85. The van der Waals surface area contributed by atoms with Crippen LogP contribution in [-0.2, 0) is 4.79 Å². The maximum absolute atomic E-state index is 11.8. The van der Waals surface area contributed by atoms with E-state index < -0.39 is 0 Å². The van der Waals surface area contributed by atoms with Crippen molar-refractivity contribution in [1.82, 2.24) is 4.90 Å². The molecule has 1 aliphatic heterocycles. The van der Waals surface area contributed by atoms with Gasteiger partial charge in [-0.05, 0) is 44.6 Å². The summed E-state index contributed by atoms with van der Waals surface area (Å²) in [4.78, 5) is 14.4. The normalized spacial score (nSPS) is 42.1. The molecule has 0 N–H and O–H groups in total. The maximum atomic E-state index is 11.8. The third kappa shape index (κ3) is 1.63. The van der Waals surface area contributed by atoms with Crippen LogP contribution in [0.2, 0.25) is 0 Å². The number of Topliss-reactive ketones (excluding diaryl/α,β-unsaturated/α-hetero) is 1. The third-order valence-corrected chi connectivity index (χ3v) is 4.73. The van der Waals surface area contributed by atoms with Crippen molar-refractivity contribution in [2.45, 2.75) is 63.5 Å². The minimum Gasteiger partial charge on any atom is -0.298 e. The van der Waals surface area contributed by atoms with Crippen molar-refractivity contribution in [3.8, 4) is 0 Å². The largest absolute Gasteiger partial charge is 0.298 e. The molecule has 1 heterocycles. The standard InChI is InChI=1S/C13H21NO/c15-13-7-3-6-12(13)14-9-8-10-4-1-2-5-11(10)14/h10-12H,1-9H2/t10-,11-,12?/m0/s1. The average Bonchev–Trinajstić information content (AvgIpc) is 2.83. The summed E-state index contributed by atoms with van der Waals surface area (Å²) in [6.07, 6.45) is 10.1. The number of likely N-dealkylation sites (tertiary alicyclic amines) is 1. The number of hydrogen-bond donors (Lipinski definition) is 0. The molecule has 2 saturated carbocycles. The zero-order chi connectivity index (χ0) is 10.3. The number of ketones is 1. The van der Waals surface area contributed by atoms with E-state index in [9.17, 15) is 4.79 Å². The lowest BCUT2D eigenvalue weighted by molar-refractivity contribution is -0.122. The maximum Gasteiger partial charge on any atom is 0.149 e. The summed E-state index contributed by atoms with van der Waals surface area (Å²) in [5.41, 5.74) is 0. The molecule has 15 heavy (non-hydrogen) atoms. The van der Waals surface area contributed by atoms with Crippen LogP contribution in [0, 0.1) is 5.92 Å². The number of fused-ring (bicyclic) bond motifs is 1. The van der Waals surface area contributed by atoms with E-state index in [0.717, 1.165) is 31.2 Å². The number of carbonyl (C=O) groups is 1. The van der Waals surface area contributed by atoms with E-state index >= 15 is 0 Å². The summed E-state index contributed by atoms with van der Waals surface area (Å²) in [6.45, 7) is 1.20. The van der Waals surface area contributed by atoms with E-state index in [1.54, 1.807) is 0 Å². The van der Waals surface area contributed by atoms with Crippen LogP contribution >= 0.6 is 0 Å². The molecule has 0 aromatic carbocycles. The minimum absolute atomic E-state index is 0.318. The van der Waals surface area contributed by atoms with Crippen LogP contribution in [0.15, 0.2) is 0 Å². The summed E-state index contributed by atoms with van der Waals surface area (Å²) in [5, 5.41) is 0. The Labute approximate surface area is 92.0 Å². The molecule has 1 unspecified atom stereocenters. The van der Waals surface area contributed by atoms with Crippen molar-refractivity contribution in [3.05, 3.63) is 0 Å². The number of nitrogens with zero attached hydrogens (tertiary/aromatic N) is 1. The van der Waals surface area contributed by atoms with Gasteiger partial charge in [0.05, 0.1) is 6.04 Å². The molecule has 0 bridgehead atoms. The second-order valence-electron chi connectivity index (χ2n) is 5.51. The van der Waals surface area contributed by atoms with Gasteiger partial charge in [-0.1, -0.05) is 12.8 Å². The summed E-state index contributed by atoms with van der Waals surface area (Å²) in [5.74, 6) is 1.45. The Morgan fingerprint density at radius 2 is 1.87 bits per heavy atom. The van der Waals surface area contributed by atoms with Crippen LogP contribution < -0.4 is 0 Å². The second kappa shape index (κ2) is 3.89. The van der Waals surface area contributed by atoms with Crippen molar-refractivity contribution >= 4 is 5.78 Å². The molecule has 2 aliphatic carbocycles. The zero-order valence-electron chi connectivity index (χ0n) is 9.45. The molecule has 84 valence electrons. The molecule has 3 aliphatic rings. The fraction of sp³-hybridized carbons (Fsp3) is 0.923. The Kier molecular flexibility index (Phi) is 2.55. The Morgan fingerprint density at radius 1 is 1.00 bits per heavy atom. The van der Waals surface area contributed by atoms with Crippen LogP contribution in [0.5, 0.6) is 0 Å². The van der Waals surface area contributed by atoms with Crippen LogP contribution in [0.1, 0.15) is 51.4 Å². The number of hydrogen-bond acceptors (Lipinski definition) is 2. The van der Waals surface area contributed by atoms with Gasteiger partial charge in [0.25, 0.3) is 0 Å². The molecule has 0 spiro atoms. The van der Waals surface area contributed by atoms with Gasteiger partial charge in [-0.15, -0.1) is 0 Å². The zero-order valence-corrected chi connectivity index (χ0v) is 9.45. The molecule has 3 atom stereocenters. The van der Waals surface area contributed by atoms with E-state index in [-0.39, 0.29) is 0 Å². The van der Waals surface area contributed by atoms with E-state index in [1.165, 1.54) is 38.6 Å². The highest BCUT2D eigenvalue weighted by molar-refractivity contribution is 5.86. The lowest BCUT2D eigenvalue weighted by Gasteiger charge is -2.34. The average molecular weight is 207 g/mol. The summed E-state index contributed by atoms with van der Waals surface area (Å²) >= 11 is 0. The molecule has 2 nitrogen and oxygen atoms in total. The molecular weight excluding hydrogens is 186 g/mol. The van der Waals surface area contributed by atoms with Crippen LogP contribution in [-0.4, -0.2) is 29.3 Å². The van der Waals surface area contributed by atoms with Gasteiger partial charge in [-0.2, -0.15) is 0 Å². The van der Waals surface area contributed by atoms with Gasteiger partial charge < -0.3 is 0 Å². The van der Waals surface area contributed by atoms with Gasteiger partial charge in [-0.3, -0.25) is 9.69 Å². The Bertz CT molecular complexity index is 263. The SMILES string of the molecule is O=C1CCCC1N1CC[C@@H]2CCCC[C@@H]21. The fourth-order valence-electron chi connectivity index (χ4n) is 3.98. The molecule has 2 heteroatoms. The molecule has 1 saturated heterocycles. The van der Waals surface area contributed by atoms with Gasteiger partial charge >= 0.3 is 0 Å². The van der Waals surface area contributed by atoms with Crippen molar-refractivity contribution in [1.29, 1.82) is 0 Å². The predicted octanol–water partition coefficient (Wildman–Crippen LogP) is 2.37. The van der Waals surface area contributed by atoms with E-state index in [0.29, 0.717) is 11.8 Å². The Morgan fingerprint density at radius 3 is 2.67 bits per heavy atom. The van der Waals surface area contributed by atoms with Gasteiger partial charge in [0, 0.05) is 12.5 Å². The summed E-state index contributed by atoms with van der Waals surface area (Å²) in [7, 11) is 0. The monoisotopic (exact) mass is 207 g/mol. The van der Waals surface area contributed by atoms with E-state index in [2.05, 4.69) is 4.90 Å². The van der Waals surface area contributed by atoms with E-state index in [1.807, 2.05) is 0 Å². The second-order valence-corrected chi connectivity index (χ2v) is 5.51. The van der Waals surface area contributed by atoms with Crippen molar-refractivity contribution in [2.75, 3.05) is 6.54 Å². The first-order chi connectivity index (χ1) is 7.36. The van der Waals surface area contributed by atoms with Crippen molar-refractivity contribution in [2.24, 2.45) is 5.92 Å². The molecule has 3 fully saturated rings. The molecule has 3 rings (SSSR count). The molecule has 0 amide bonds. The lowest BCUT2D eigenvalue weighted by Crippen LogP contribution is -2.44. The topological polar surface area (TPSA) is 20.3 Å². The van der Waals surface area contributed by atoms with Crippen molar-refractivity contribution in [3.63, 3.8) is 0 Å². The highest BCUT2D eigenvalue weighted by atomic mass is 16.1. The molecular formula is C13H21NO. The summed E-state index contributed by atoms with van der Waals surface area (Å²) < 4.78 is 0. The van der Waals surface area contributed by atoms with Gasteiger partial charge in [0.15, 0.2) is 0 Å². The third-order valence-electron chi connectivity index (χ3n) is 4.73. The van der Waals surface area contributed by atoms with Crippen LogP contribution in [0.4, 0.5) is 0 Å². The van der Waals surface area contributed by atoms with E-state index in [4.69, 9.17) is 0 Å². The number of rotatable bonds is 1. The Balaban J connectivity index is 1.73. The Hall–Kier alpha value is -0.370. The highest BCUT2D eigenvalue weighted by Gasteiger charge is 2.42. The first-order valence-corrected chi connectivity index (χ1v) is 6.65. The summed E-state index contributed by atoms with van der Waals surface area (Å²) in [6, 6.07) is 1.09. The van der Waals surface area contributed by atoms with Gasteiger partial charge in [0.2, 0.25) is 0 Å². The fourth-order valence-corrected chi connectivity index (χ4v) is 3.98. The molecule has 0 aromatic rings. The van der Waals surface area contributed by atoms with Crippen LogP contribution in [0.3, 0.4) is 0 Å². The molecule has 0 aromatic heterocycles. The smallest absolute Gasteiger partial charge is 0.149 e. The molecule has 0 radical (unpaired) electrons. The van der Waals surface area contributed by atoms with Crippen LogP contribution in [0.25, 0.3) is 0 Å². The highest BCUT2D eigenvalue weighted by Crippen LogP contribution is 2.39. The van der Waals surface area contributed by atoms with Gasteiger partial charge in [0.1, 0.15) is 5.78 Å².